The molecule has 0 radical (unpaired) electrons. The van der Waals surface area contributed by atoms with E-state index in [2.05, 4.69) is 34.2 Å². The summed E-state index contributed by atoms with van der Waals surface area (Å²) in [6, 6.07) is 19.5. The lowest BCUT2D eigenvalue weighted by molar-refractivity contribution is -0.129. The number of allylic oxidation sites excluding steroid dienone is 3. The van der Waals surface area contributed by atoms with Gasteiger partial charge in [0.05, 0.1) is 12.1 Å². The average molecular weight is 515 g/mol. The van der Waals surface area contributed by atoms with Crippen LogP contribution in [-0.2, 0) is 4.79 Å². The van der Waals surface area contributed by atoms with Crippen molar-refractivity contribution in [3.05, 3.63) is 101 Å². The van der Waals surface area contributed by atoms with Crippen molar-refractivity contribution in [2.75, 3.05) is 5.32 Å². The second kappa shape index (κ2) is 14.2. The fraction of sp³-hybridized carbons (Fsp3) is 0.355. The minimum Gasteiger partial charge on any atom is -0.357 e. The number of carbonyl (C=O) groups is 2. The third kappa shape index (κ3) is 8.35. The fourth-order valence-corrected chi connectivity index (χ4v) is 4.77. The van der Waals surface area contributed by atoms with Gasteiger partial charge < -0.3 is 16.0 Å². The topological polar surface area (TPSA) is 102 Å². The summed E-state index contributed by atoms with van der Waals surface area (Å²) in [7, 11) is 0. The molecule has 5 N–H and O–H groups in total. The molecule has 0 aliphatic heterocycles. The lowest BCUT2D eigenvalue weighted by Gasteiger charge is -2.27. The molecule has 200 valence electrons. The summed E-state index contributed by atoms with van der Waals surface area (Å²) in [5.41, 5.74) is 7.21. The molecule has 4 rings (SSSR count). The van der Waals surface area contributed by atoms with Gasteiger partial charge in [-0.1, -0.05) is 79.6 Å². The minimum atomic E-state index is -0.372. The van der Waals surface area contributed by atoms with Crippen molar-refractivity contribution in [3.63, 3.8) is 0 Å². The van der Waals surface area contributed by atoms with Gasteiger partial charge in [-0.05, 0) is 67.4 Å². The van der Waals surface area contributed by atoms with Gasteiger partial charge in [-0.15, -0.1) is 0 Å². The predicted molar refractivity (Wildman–Crippen MR) is 150 cm³/mol. The van der Waals surface area contributed by atoms with Gasteiger partial charge in [-0.2, -0.15) is 0 Å². The number of amides is 3. The van der Waals surface area contributed by atoms with Crippen molar-refractivity contribution in [1.29, 1.82) is 0 Å². The summed E-state index contributed by atoms with van der Waals surface area (Å²) < 4.78 is 0. The molecule has 2 aliphatic carbocycles. The maximum absolute atomic E-state index is 13.5. The van der Waals surface area contributed by atoms with Gasteiger partial charge in [0.15, 0.2) is 0 Å². The Bertz CT molecular complexity index is 1150. The Morgan fingerprint density at radius 1 is 0.868 bits per heavy atom. The molecule has 1 saturated carbocycles. The zero-order chi connectivity index (χ0) is 26.6. The van der Waals surface area contributed by atoms with Gasteiger partial charge in [0.1, 0.15) is 0 Å². The third-order valence-electron chi connectivity index (χ3n) is 6.87. The van der Waals surface area contributed by atoms with Crippen molar-refractivity contribution in [1.82, 2.24) is 16.1 Å². The van der Waals surface area contributed by atoms with Crippen LogP contribution in [-0.4, -0.2) is 23.2 Å². The highest BCUT2D eigenvalue weighted by Gasteiger charge is 2.27. The zero-order valence-electron chi connectivity index (χ0n) is 21.8. The second-order valence-corrected chi connectivity index (χ2v) is 9.84. The van der Waals surface area contributed by atoms with E-state index in [0.29, 0.717) is 6.42 Å². The molecule has 1 fully saturated rings. The lowest BCUT2D eigenvalue weighted by Crippen LogP contribution is -2.45. The highest BCUT2D eigenvalue weighted by molar-refractivity contribution is 5.76. The van der Waals surface area contributed by atoms with Crippen molar-refractivity contribution >= 4 is 17.6 Å². The Balaban J connectivity index is 1.48. The summed E-state index contributed by atoms with van der Waals surface area (Å²) in [6.45, 7) is 0. The average Bonchev–Trinajstić information content (AvgIpc) is 3.81. The number of hydrogen-bond acceptors (Lipinski definition) is 4. The number of para-hydroxylation sites is 1. The second-order valence-electron chi connectivity index (χ2n) is 9.84. The van der Waals surface area contributed by atoms with Crippen LogP contribution in [0.2, 0.25) is 0 Å². The molecule has 1 unspecified atom stereocenters. The minimum absolute atomic E-state index is 0.188. The molecule has 2 aromatic rings. The molecule has 7 heteroatoms. The van der Waals surface area contributed by atoms with E-state index in [1.807, 2.05) is 60.7 Å². The number of carbonyl (C=O) groups excluding carboxylic acids is 2. The molecular weight excluding hydrogens is 476 g/mol. The fourth-order valence-electron chi connectivity index (χ4n) is 4.77. The smallest absolute Gasteiger partial charge is 0.316 e. The van der Waals surface area contributed by atoms with Crippen molar-refractivity contribution in [2.45, 2.75) is 69.9 Å². The van der Waals surface area contributed by atoms with Crippen LogP contribution in [0.15, 0.2) is 95.7 Å². The highest BCUT2D eigenvalue weighted by Crippen LogP contribution is 2.35. The molecule has 2 aliphatic rings. The van der Waals surface area contributed by atoms with Crippen LogP contribution in [0.4, 0.5) is 10.5 Å². The molecule has 2 atom stereocenters. The lowest BCUT2D eigenvalue weighted by atomic mass is 9.94. The third-order valence-corrected chi connectivity index (χ3v) is 6.87. The zero-order valence-corrected chi connectivity index (χ0v) is 21.8. The molecule has 0 aromatic heterocycles. The molecule has 0 saturated heterocycles. The van der Waals surface area contributed by atoms with Crippen LogP contribution in [0.1, 0.15) is 69.4 Å². The van der Waals surface area contributed by atoms with Crippen molar-refractivity contribution in [3.8, 4) is 0 Å². The number of nitrogens with one attached hydrogen (secondary N) is 4. The number of rotatable bonds is 13. The van der Waals surface area contributed by atoms with Crippen LogP contribution >= 0.6 is 0 Å². The van der Waals surface area contributed by atoms with E-state index in [1.54, 1.807) is 5.48 Å². The Morgan fingerprint density at radius 3 is 2.26 bits per heavy atom. The summed E-state index contributed by atoms with van der Waals surface area (Å²) >= 11 is 0. The van der Waals surface area contributed by atoms with E-state index in [-0.39, 0.29) is 30.4 Å². The van der Waals surface area contributed by atoms with Gasteiger partial charge in [0.25, 0.3) is 0 Å². The van der Waals surface area contributed by atoms with E-state index in [9.17, 15) is 9.59 Å². The Morgan fingerprint density at radius 2 is 1.61 bits per heavy atom. The van der Waals surface area contributed by atoms with Crippen LogP contribution in [0.25, 0.3) is 0 Å². The maximum Gasteiger partial charge on any atom is 0.316 e. The quantitative estimate of drug-likeness (QED) is 0.123. The predicted octanol–water partition coefficient (Wildman–Crippen LogP) is 6.29. The van der Waals surface area contributed by atoms with E-state index in [4.69, 9.17) is 5.21 Å². The highest BCUT2D eigenvalue weighted by atomic mass is 16.5. The molecular formula is C31H38N4O3. The van der Waals surface area contributed by atoms with Crippen LogP contribution in [0, 0.1) is 0 Å². The van der Waals surface area contributed by atoms with E-state index in [0.717, 1.165) is 67.5 Å². The molecule has 7 nitrogen and oxygen atoms in total. The van der Waals surface area contributed by atoms with Crippen molar-refractivity contribution in [2.24, 2.45) is 0 Å². The van der Waals surface area contributed by atoms with Gasteiger partial charge in [-0.3, -0.25) is 10.0 Å². The molecule has 0 heterocycles. The standard InChI is InChI=1S/C31H38N4O3/c36-28(35-38)20-12-4-11-19-27(30(25-21-22-25)32-26-17-9-3-10-18-26)33-31(37)34-29(23-13-5-1-6-14-23)24-15-7-2-8-16-24/h1,3,5-7,9-10,13-18,27,29,32,38H,2,4,8,11-12,19-22H2,(H,35,36)(H2,33,34,37)/t27-,29?/m0/s1. The summed E-state index contributed by atoms with van der Waals surface area (Å²) in [6.07, 6.45) is 13.9. The number of hydrogen-bond donors (Lipinski definition) is 5. The van der Waals surface area contributed by atoms with E-state index in [1.165, 1.54) is 5.57 Å². The monoisotopic (exact) mass is 514 g/mol. The Labute approximate surface area is 225 Å². The largest absolute Gasteiger partial charge is 0.357 e. The normalized spacial score (nSPS) is 15.6. The number of urea groups is 1. The first-order valence-corrected chi connectivity index (χ1v) is 13.6. The molecule has 3 amide bonds. The van der Waals surface area contributed by atoms with E-state index < -0.39 is 0 Å². The first-order valence-electron chi connectivity index (χ1n) is 13.6. The van der Waals surface area contributed by atoms with Gasteiger partial charge in [0.2, 0.25) is 5.91 Å². The summed E-state index contributed by atoms with van der Waals surface area (Å²) in [5, 5.41) is 18.8. The molecule has 38 heavy (non-hydrogen) atoms. The number of benzene rings is 2. The first-order chi connectivity index (χ1) is 18.6. The SMILES string of the molecule is O=C(CCCCC[C@H](NC(=O)NC(C1=CCCC=C1)c1ccccc1)C(Nc1ccccc1)=C1CC1)NO. The molecule has 0 spiro atoms. The summed E-state index contributed by atoms with van der Waals surface area (Å²) in [4.78, 5) is 24.9. The number of hydroxylamine groups is 1. The maximum atomic E-state index is 13.5. The van der Waals surface area contributed by atoms with Gasteiger partial charge in [-0.25, -0.2) is 10.3 Å². The van der Waals surface area contributed by atoms with Crippen molar-refractivity contribution < 1.29 is 14.8 Å². The van der Waals surface area contributed by atoms with Gasteiger partial charge in [0, 0.05) is 17.8 Å². The Kier molecular flexibility index (Phi) is 10.2. The van der Waals surface area contributed by atoms with Crippen LogP contribution in [0.3, 0.4) is 0 Å². The number of unbranched alkanes of at least 4 members (excludes halogenated alkanes) is 2. The Hall–Kier alpha value is -3.84. The summed E-state index contributed by atoms with van der Waals surface area (Å²) in [5.74, 6) is -0.372. The molecule has 2 aromatic carbocycles. The van der Waals surface area contributed by atoms with Gasteiger partial charge >= 0.3 is 6.03 Å². The molecule has 0 bridgehead atoms. The van der Waals surface area contributed by atoms with E-state index >= 15 is 0 Å². The van der Waals surface area contributed by atoms with Crippen LogP contribution in [0.5, 0.6) is 0 Å². The first kappa shape index (κ1) is 27.2. The number of anilines is 1. The van der Waals surface area contributed by atoms with Crippen LogP contribution < -0.4 is 21.4 Å².